The van der Waals surface area contributed by atoms with Gasteiger partial charge < -0.3 is 10.2 Å². The van der Waals surface area contributed by atoms with Gasteiger partial charge in [-0.05, 0) is 69.7 Å². The van der Waals surface area contributed by atoms with Gasteiger partial charge >= 0.3 is 0 Å². The van der Waals surface area contributed by atoms with Crippen molar-refractivity contribution in [2.75, 3.05) is 10.8 Å². The van der Waals surface area contributed by atoms with E-state index in [1.807, 2.05) is 20.8 Å². The van der Waals surface area contributed by atoms with Crippen LogP contribution in [0.25, 0.3) is 0 Å². The summed E-state index contributed by atoms with van der Waals surface area (Å²) < 4.78 is 28.6. The number of benzene rings is 3. The number of sulfonamides is 1. The van der Waals surface area contributed by atoms with Gasteiger partial charge in [0.2, 0.25) is 11.8 Å². The van der Waals surface area contributed by atoms with Crippen molar-refractivity contribution in [3.63, 3.8) is 0 Å². The number of rotatable bonds is 9. The highest BCUT2D eigenvalue weighted by Crippen LogP contribution is 2.35. The first-order chi connectivity index (χ1) is 18.6. The molecule has 1 N–H and O–H groups in total. The lowest BCUT2D eigenvalue weighted by atomic mass is 10.1. The molecule has 0 saturated heterocycles. The number of halogens is 4. The molecule has 3 rings (SSSR count). The summed E-state index contributed by atoms with van der Waals surface area (Å²) >= 11 is 25.1. The first-order valence-corrected chi connectivity index (χ1v) is 15.1. The second kappa shape index (κ2) is 13.0. The number of nitrogens with one attached hydrogen (secondary N) is 1. The first kappa shape index (κ1) is 32.0. The Morgan fingerprint density at radius 1 is 0.900 bits per heavy atom. The summed E-state index contributed by atoms with van der Waals surface area (Å²) in [5.41, 5.74) is -0.0367. The van der Waals surface area contributed by atoms with Crippen LogP contribution in [0.15, 0.2) is 71.6 Å². The van der Waals surface area contributed by atoms with Crippen LogP contribution in [-0.4, -0.2) is 43.3 Å². The Morgan fingerprint density at radius 3 is 2.15 bits per heavy atom. The van der Waals surface area contributed by atoms with Gasteiger partial charge in [0.25, 0.3) is 10.0 Å². The fraction of sp³-hybridized carbons (Fsp3) is 0.286. The van der Waals surface area contributed by atoms with Gasteiger partial charge in [0.05, 0.1) is 20.6 Å². The van der Waals surface area contributed by atoms with Crippen LogP contribution in [0.4, 0.5) is 5.69 Å². The predicted octanol–water partition coefficient (Wildman–Crippen LogP) is 6.83. The SMILES string of the molecule is C[C@@H](C(=O)NC(C)(C)C)N(Cc1ccc(Cl)cc1Cl)C(=O)CN(c1cccc(Cl)c1Cl)S(=O)(=O)c1ccccc1. The third-order valence-corrected chi connectivity index (χ3v) is 9.00. The van der Waals surface area contributed by atoms with Gasteiger partial charge in [-0.1, -0.05) is 76.7 Å². The van der Waals surface area contributed by atoms with Crippen molar-refractivity contribution in [2.45, 2.75) is 50.7 Å². The normalized spacial score (nSPS) is 12.5. The predicted molar refractivity (Wildman–Crippen MR) is 162 cm³/mol. The van der Waals surface area contributed by atoms with Crippen LogP contribution in [0.1, 0.15) is 33.3 Å². The van der Waals surface area contributed by atoms with E-state index in [0.29, 0.717) is 15.6 Å². The molecule has 0 spiro atoms. The largest absolute Gasteiger partial charge is 0.350 e. The summed E-state index contributed by atoms with van der Waals surface area (Å²) in [6.07, 6.45) is 0. The summed E-state index contributed by atoms with van der Waals surface area (Å²) in [5.74, 6) is -1.10. The minimum atomic E-state index is -4.28. The molecule has 0 aromatic heterocycles. The fourth-order valence-electron chi connectivity index (χ4n) is 3.81. The number of carbonyl (C=O) groups is 2. The Hall–Kier alpha value is -2.49. The Bertz CT molecular complexity index is 1500. The molecule has 214 valence electrons. The molecule has 0 aliphatic heterocycles. The van der Waals surface area contributed by atoms with Crippen molar-refractivity contribution in [1.29, 1.82) is 0 Å². The number of carbonyl (C=O) groups excluding carboxylic acids is 2. The van der Waals surface area contributed by atoms with Crippen LogP contribution in [-0.2, 0) is 26.2 Å². The zero-order chi connectivity index (χ0) is 29.8. The highest BCUT2D eigenvalue weighted by Gasteiger charge is 2.34. The van der Waals surface area contributed by atoms with E-state index in [0.717, 1.165) is 4.31 Å². The summed E-state index contributed by atoms with van der Waals surface area (Å²) in [6.45, 7) is 6.25. The third-order valence-electron chi connectivity index (χ3n) is 5.83. The fourth-order valence-corrected chi connectivity index (χ4v) is 6.17. The van der Waals surface area contributed by atoms with E-state index in [2.05, 4.69) is 5.32 Å². The maximum absolute atomic E-state index is 14.0. The minimum absolute atomic E-state index is 0.0163. The maximum Gasteiger partial charge on any atom is 0.264 e. The molecule has 0 heterocycles. The van der Waals surface area contributed by atoms with Gasteiger partial charge in [-0.3, -0.25) is 13.9 Å². The maximum atomic E-state index is 14.0. The van der Waals surface area contributed by atoms with E-state index >= 15 is 0 Å². The Morgan fingerprint density at radius 2 is 1.55 bits per heavy atom. The smallest absolute Gasteiger partial charge is 0.264 e. The highest BCUT2D eigenvalue weighted by molar-refractivity contribution is 7.92. The van der Waals surface area contributed by atoms with Crippen molar-refractivity contribution >= 4 is 73.9 Å². The summed E-state index contributed by atoms with van der Waals surface area (Å²) in [6, 6.07) is 15.9. The summed E-state index contributed by atoms with van der Waals surface area (Å²) in [7, 11) is -4.28. The number of nitrogens with zero attached hydrogens (tertiary/aromatic N) is 2. The number of amides is 2. The molecule has 1 atom stereocenters. The molecule has 0 saturated carbocycles. The van der Waals surface area contributed by atoms with Crippen LogP contribution in [0.2, 0.25) is 20.1 Å². The molecule has 3 aromatic carbocycles. The van der Waals surface area contributed by atoms with E-state index in [1.54, 1.807) is 37.3 Å². The van der Waals surface area contributed by atoms with E-state index in [9.17, 15) is 18.0 Å². The van der Waals surface area contributed by atoms with Crippen molar-refractivity contribution in [3.05, 3.63) is 92.4 Å². The van der Waals surface area contributed by atoms with Crippen molar-refractivity contribution < 1.29 is 18.0 Å². The zero-order valence-electron chi connectivity index (χ0n) is 22.3. The summed E-state index contributed by atoms with van der Waals surface area (Å²) in [4.78, 5) is 28.4. The molecule has 0 fully saturated rings. The molecule has 12 heteroatoms. The van der Waals surface area contributed by atoms with Crippen LogP contribution in [0, 0.1) is 0 Å². The van der Waals surface area contributed by atoms with Crippen LogP contribution in [0.5, 0.6) is 0 Å². The van der Waals surface area contributed by atoms with E-state index in [4.69, 9.17) is 46.4 Å². The van der Waals surface area contributed by atoms with Crippen molar-refractivity contribution in [2.24, 2.45) is 0 Å². The number of hydrogen-bond donors (Lipinski definition) is 1. The molecule has 0 aliphatic carbocycles. The van der Waals surface area contributed by atoms with Crippen molar-refractivity contribution in [3.8, 4) is 0 Å². The van der Waals surface area contributed by atoms with Gasteiger partial charge in [0.15, 0.2) is 0 Å². The molecule has 0 unspecified atom stereocenters. The summed E-state index contributed by atoms with van der Waals surface area (Å²) in [5, 5.41) is 3.63. The standard InChI is InChI=1S/C28H29Cl4N3O4S/c1-18(27(37)33-28(2,3)4)34(16-19-13-14-20(29)15-23(19)31)25(36)17-35(24-12-8-11-22(30)26(24)32)40(38,39)21-9-6-5-7-10-21/h5-15,18H,16-17H2,1-4H3,(H,33,37)/t18-/m0/s1. The lowest BCUT2D eigenvalue weighted by Crippen LogP contribution is -2.54. The molecule has 7 nitrogen and oxygen atoms in total. The van der Waals surface area contributed by atoms with Gasteiger partial charge in [0.1, 0.15) is 12.6 Å². The van der Waals surface area contributed by atoms with E-state index in [1.165, 1.54) is 41.3 Å². The molecule has 2 amide bonds. The first-order valence-electron chi connectivity index (χ1n) is 12.2. The van der Waals surface area contributed by atoms with Crippen molar-refractivity contribution in [1.82, 2.24) is 10.2 Å². The van der Waals surface area contributed by atoms with Gasteiger partial charge in [-0.15, -0.1) is 0 Å². The second-order valence-corrected chi connectivity index (χ2v) is 13.6. The molecule has 40 heavy (non-hydrogen) atoms. The topological polar surface area (TPSA) is 86.8 Å². The van der Waals surface area contributed by atoms with Crippen LogP contribution >= 0.6 is 46.4 Å². The quantitative estimate of drug-likeness (QED) is 0.277. The lowest BCUT2D eigenvalue weighted by Gasteiger charge is -2.34. The number of anilines is 1. The third kappa shape index (κ3) is 7.83. The van der Waals surface area contributed by atoms with Crippen LogP contribution in [0.3, 0.4) is 0 Å². The molecule has 0 radical (unpaired) electrons. The molecule has 0 bridgehead atoms. The van der Waals surface area contributed by atoms with E-state index in [-0.39, 0.29) is 27.2 Å². The van der Waals surface area contributed by atoms with Crippen LogP contribution < -0.4 is 9.62 Å². The zero-order valence-corrected chi connectivity index (χ0v) is 26.1. The average Bonchev–Trinajstić information content (AvgIpc) is 2.87. The average molecular weight is 645 g/mol. The molecular weight excluding hydrogens is 616 g/mol. The monoisotopic (exact) mass is 643 g/mol. The van der Waals surface area contributed by atoms with Gasteiger partial charge in [-0.2, -0.15) is 0 Å². The number of hydrogen-bond acceptors (Lipinski definition) is 4. The van der Waals surface area contributed by atoms with Gasteiger partial charge in [-0.25, -0.2) is 8.42 Å². The lowest BCUT2D eigenvalue weighted by molar-refractivity contribution is -0.140. The second-order valence-electron chi connectivity index (χ2n) is 10.1. The molecule has 0 aliphatic rings. The molecule has 3 aromatic rings. The van der Waals surface area contributed by atoms with E-state index < -0.39 is 40.0 Å². The minimum Gasteiger partial charge on any atom is -0.350 e. The Kier molecular flexibility index (Phi) is 10.4. The van der Waals surface area contributed by atoms with Gasteiger partial charge in [0, 0.05) is 22.1 Å². The highest BCUT2D eigenvalue weighted by atomic mass is 35.5. The Balaban J connectivity index is 2.09. The Labute approximate surface area is 255 Å². The molecular formula is C28H29Cl4N3O4S.